The predicted octanol–water partition coefficient (Wildman–Crippen LogP) is 2.50. The Morgan fingerprint density at radius 3 is 2.72 bits per heavy atom. The zero-order valence-electron chi connectivity index (χ0n) is 10.3. The zero-order chi connectivity index (χ0) is 13.2. The minimum Gasteiger partial charge on any atom is -0.312 e. The molecule has 0 aromatic heterocycles. The van der Waals surface area contributed by atoms with Gasteiger partial charge in [0, 0.05) is 32.2 Å². The second kappa shape index (κ2) is 5.28. The average Bonchev–Trinajstić information content (AvgIpc) is 2.28. The molecule has 0 bridgehead atoms. The fraction of sp³-hybridized carbons (Fsp3) is 0.538. The highest BCUT2D eigenvalue weighted by molar-refractivity contribution is 5.29. The highest BCUT2D eigenvalue weighted by Crippen LogP contribution is 2.32. The molecule has 0 unspecified atom stereocenters. The summed E-state index contributed by atoms with van der Waals surface area (Å²) >= 11 is 0. The Hall–Kier alpha value is -1.07. The molecular weight excluding hydrogens is 241 g/mol. The van der Waals surface area contributed by atoms with Crippen molar-refractivity contribution in [3.05, 3.63) is 35.4 Å². The number of nitrogens with zero attached hydrogens (tertiary/aromatic N) is 1. The first-order chi connectivity index (χ1) is 8.47. The first-order valence-corrected chi connectivity index (χ1v) is 6.07. The summed E-state index contributed by atoms with van der Waals surface area (Å²) in [7, 11) is 0. The molecule has 0 radical (unpaired) electrons. The van der Waals surface area contributed by atoms with Crippen LogP contribution >= 0.6 is 0 Å². The fourth-order valence-corrected chi connectivity index (χ4v) is 2.33. The van der Waals surface area contributed by atoms with Gasteiger partial charge in [0.05, 0.1) is 5.56 Å². The Labute approximate surface area is 105 Å². The lowest BCUT2D eigenvalue weighted by atomic mass is 10.1. The maximum atomic E-state index is 12.8. The summed E-state index contributed by atoms with van der Waals surface area (Å²) in [5, 5.41) is 3.28. The van der Waals surface area contributed by atoms with E-state index in [1.165, 1.54) is 6.07 Å². The third-order valence-corrected chi connectivity index (χ3v) is 3.17. The van der Waals surface area contributed by atoms with E-state index in [4.69, 9.17) is 0 Å². The van der Waals surface area contributed by atoms with Gasteiger partial charge in [-0.25, -0.2) is 0 Å². The SMILES string of the molecule is C[C@@H]1CN(Cc2ccccc2C(F)(F)F)CCN1. The van der Waals surface area contributed by atoms with Crippen LogP contribution < -0.4 is 5.32 Å². The van der Waals surface area contributed by atoms with Crippen LogP contribution in [0.5, 0.6) is 0 Å². The molecule has 1 atom stereocenters. The second-order valence-electron chi connectivity index (χ2n) is 4.75. The number of rotatable bonds is 2. The first-order valence-electron chi connectivity index (χ1n) is 6.07. The lowest BCUT2D eigenvalue weighted by Crippen LogP contribution is -2.48. The van der Waals surface area contributed by atoms with Crippen molar-refractivity contribution >= 4 is 0 Å². The van der Waals surface area contributed by atoms with E-state index in [0.717, 1.165) is 25.7 Å². The van der Waals surface area contributed by atoms with Gasteiger partial charge in [-0.2, -0.15) is 13.2 Å². The van der Waals surface area contributed by atoms with E-state index in [1.807, 2.05) is 6.92 Å². The quantitative estimate of drug-likeness (QED) is 0.876. The van der Waals surface area contributed by atoms with Gasteiger partial charge in [0.25, 0.3) is 0 Å². The van der Waals surface area contributed by atoms with Crippen LogP contribution in [-0.4, -0.2) is 30.6 Å². The maximum absolute atomic E-state index is 12.8. The normalized spacial score (nSPS) is 22.1. The molecule has 1 fully saturated rings. The van der Waals surface area contributed by atoms with Crippen molar-refractivity contribution in [1.82, 2.24) is 10.2 Å². The van der Waals surface area contributed by atoms with Crippen LogP contribution in [-0.2, 0) is 12.7 Å². The predicted molar refractivity (Wildman–Crippen MR) is 64.2 cm³/mol. The van der Waals surface area contributed by atoms with Crippen LogP contribution in [0, 0.1) is 0 Å². The van der Waals surface area contributed by atoms with Crippen molar-refractivity contribution in [2.45, 2.75) is 25.7 Å². The molecule has 0 aliphatic carbocycles. The van der Waals surface area contributed by atoms with E-state index in [-0.39, 0.29) is 0 Å². The molecule has 1 aliphatic heterocycles. The average molecular weight is 258 g/mol. The van der Waals surface area contributed by atoms with Crippen molar-refractivity contribution < 1.29 is 13.2 Å². The smallest absolute Gasteiger partial charge is 0.312 e. The molecule has 1 heterocycles. The Bertz CT molecular complexity index is 403. The summed E-state index contributed by atoms with van der Waals surface area (Å²) < 4.78 is 38.5. The number of hydrogen-bond acceptors (Lipinski definition) is 2. The molecule has 1 aromatic carbocycles. The highest BCUT2D eigenvalue weighted by atomic mass is 19.4. The van der Waals surface area contributed by atoms with Crippen LogP contribution in [0.3, 0.4) is 0 Å². The van der Waals surface area contributed by atoms with E-state index < -0.39 is 11.7 Å². The molecule has 1 aliphatic rings. The Balaban J connectivity index is 2.13. The molecular formula is C13H17F3N2. The van der Waals surface area contributed by atoms with Crippen LogP contribution in [0.15, 0.2) is 24.3 Å². The van der Waals surface area contributed by atoms with Gasteiger partial charge in [0.2, 0.25) is 0 Å². The molecule has 0 saturated carbocycles. The van der Waals surface area contributed by atoms with Gasteiger partial charge in [0.15, 0.2) is 0 Å². The molecule has 5 heteroatoms. The van der Waals surface area contributed by atoms with Crippen molar-refractivity contribution in [2.75, 3.05) is 19.6 Å². The highest BCUT2D eigenvalue weighted by Gasteiger charge is 2.33. The maximum Gasteiger partial charge on any atom is 0.416 e. The third-order valence-electron chi connectivity index (χ3n) is 3.17. The number of hydrogen-bond donors (Lipinski definition) is 1. The molecule has 100 valence electrons. The summed E-state index contributed by atoms with van der Waals surface area (Å²) in [6.45, 7) is 4.81. The lowest BCUT2D eigenvalue weighted by Gasteiger charge is -2.32. The van der Waals surface area contributed by atoms with Gasteiger partial charge < -0.3 is 5.32 Å². The van der Waals surface area contributed by atoms with Crippen LogP contribution in [0.25, 0.3) is 0 Å². The number of benzene rings is 1. The van der Waals surface area contributed by atoms with E-state index in [0.29, 0.717) is 18.2 Å². The van der Waals surface area contributed by atoms with E-state index >= 15 is 0 Å². The Morgan fingerprint density at radius 1 is 1.33 bits per heavy atom. The van der Waals surface area contributed by atoms with Gasteiger partial charge in [-0.3, -0.25) is 4.90 Å². The number of piperazine rings is 1. The molecule has 1 aromatic rings. The lowest BCUT2D eigenvalue weighted by molar-refractivity contribution is -0.138. The second-order valence-corrected chi connectivity index (χ2v) is 4.75. The molecule has 0 amide bonds. The van der Waals surface area contributed by atoms with Crippen LogP contribution in [0.1, 0.15) is 18.1 Å². The Morgan fingerprint density at radius 2 is 2.06 bits per heavy atom. The Kier molecular flexibility index (Phi) is 3.92. The summed E-state index contributed by atoms with van der Waals surface area (Å²) in [4.78, 5) is 2.06. The van der Waals surface area contributed by atoms with Gasteiger partial charge in [-0.05, 0) is 18.6 Å². The van der Waals surface area contributed by atoms with Crippen molar-refractivity contribution in [3.63, 3.8) is 0 Å². The van der Waals surface area contributed by atoms with E-state index in [1.54, 1.807) is 12.1 Å². The fourth-order valence-electron chi connectivity index (χ4n) is 2.33. The third kappa shape index (κ3) is 3.23. The van der Waals surface area contributed by atoms with E-state index in [9.17, 15) is 13.2 Å². The number of nitrogens with one attached hydrogen (secondary N) is 1. The number of alkyl halides is 3. The summed E-state index contributed by atoms with van der Waals surface area (Å²) in [6, 6.07) is 6.15. The molecule has 0 spiro atoms. The molecule has 18 heavy (non-hydrogen) atoms. The van der Waals surface area contributed by atoms with Gasteiger partial charge >= 0.3 is 6.18 Å². The summed E-state index contributed by atoms with van der Waals surface area (Å²) in [6.07, 6.45) is -4.27. The van der Waals surface area contributed by atoms with Gasteiger partial charge in [-0.1, -0.05) is 18.2 Å². The largest absolute Gasteiger partial charge is 0.416 e. The van der Waals surface area contributed by atoms with Crippen LogP contribution in [0.2, 0.25) is 0 Å². The molecule has 2 rings (SSSR count). The first kappa shape index (κ1) is 13.4. The van der Waals surface area contributed by atoms with Crippen molar-refractivity contribution in [1.29, 1.82) is 0 Å². The topological polar surface area (TPSA) is 15.3 Å². The molecule has 2 nitrogen and oxygen atoms in total. The minimum atomic E-state index is -4.27. The minimum absolute atomic E-state index is 0.330. The zero-order valence-corrected chi connectivity index (χ0v) is 10.3. The number of halogens is 3. The van der Waals surface area contributed by atoms with E-state index in [2.05, 4.69) is 10.2 Å². The van der Waals surface area contributed by atoms with Crippen molar-refractivity contribution in [3.8, 4) is 0 Å². The standard InChI is InChI=1S/C13H17F3N2/c1-10-8-18(7-6-17-10)9-11-4-2-3-5-12(11)13(14,15)16/h2-5,10,17H,6-9H2,1H3/t10-/m1/s1. The van der Waals surface area contributed by atoms with Crippen LogP contribution in [0.4, 0.5) is 13.2 Å². The molecule has 1 N–H and O–H groups in total. The summed E-state index contributed by atoms with van der Waals surface area (Å²) in [5.74, 6) is 0. The van der Waals surface area contributed by atoms with Gasteiger partial charge in [0.1, 0.15) is 0 Å². The monoisotopic (exact) mass is 258 g/mol. The van der Waals surface area contributed by atoms with Gasteiger partial charge in [-0.15, -0.1) is 0 Å². The summed E-state index contributed by atoms with van der Waals surface area (Å²) in [5.41, 5.74) is -0.157. The molecule has 1 saturated heterocycles. The van der Waals surface area contributed by atoms with Crippen molar-refractivity contribution in [2.24, 2.45) is 0 Å².